The molecular weight excluding hydrogens is 1020 g/mol. The summed E-state index contributed by atoms with van der Waals surface area (Å²) in [6.07, 6.45) is 95.9. The molecule has 1 atom stereocenters. The minimum absolute atomic E-state index is 0.0787. The van der Waals surface area contributed by atoms with Crippen LogP contribution >= 0.6 is 0 Å². The molecule has 0 aromatic heterocycles. The molecule has 0 spiro atoms. The van der Waals surface area contributed by atoms with Gasteiger partial charge in [0.05, 0.1) is 0 Å². The van der Waals surface area contributed by atoms with Gasteiger partial charge in [0, 0.05) is 19.3 Å². The van der Waals surface area contributed by atoms with Gasteiger partial charge < -0.3 is 14.2 Å². The van der Waals surface area contributed by atoms with Crippen LogP contribution in [0.5, 0.6) is 0 Å². The summed E-state index contributed by atoms with van der Waals surface area (Å²) < 4.78 is 17.0. The van der Waals surface area contributed by atoms with Crippen molar-refractivity contribution < 1.29 is 28.6 Å². The lowest BCUT2D eigenvalue weighted by Crippen LogP contribution is -2.30. The Kier molecular flexibility index (Phi) is 67.7. The summed E-state index contributed by atoms with van der Waals surface area (Å²) in [7, 11) is 0. The van der Waals surface area contributed by atoms with Crippen LogP contribution in [0.3, 0.4) is 0 Å². The molecule has 0 rings (SSSR count). The highest BCUT2D eigenvalue weighted by Gasteiger charge is 2.19. The summed E-state index contributed by atoms with van der Waals surface area (Å²) in [6, 6.07) is 0. The molecule has 478 valence electrons. The molecule has 0 aromatic carbocycles. The fraction of sp³-hybridized carbons (Fsp3) is 0.753. The Morgan fingerprint density at radius 1 is 0.253 bits per heavy atom. The standard InChI is InChI=1S/C77H134O6/c1-4-7-10-13-16-19-22-24-26-28-30-32-34-36-37-38-39-41-42-44-46-48-50-52-55-58-61-64-67-70-76(79)82-73-74(72-81-75(78)69-66-63-60-57-54-21-18-15-12-9-6-3)83-77(80)71-68-65-62-59-56-53-51-49-47-45-43-40-35-33-31-29-27-25-23-20-17-14-11-8-5-2/h8,11,15,17-18,20,22,24-25,27-28,30-31,33-34,36,74H,4-7,9-10,12-14,16,19,21,23,26,29,32,35,37-73H2,1-3H3/b11-8-,18-15-,20-17-,24-22-,27-25-,30-28-,33-31-,36-34-. The largest absolute Gasteiger partial charge is 0.462 e. The van der Waals surface area contributed by atoms with Gasteiger partial charge in [-0.15, -0.1) is 0 Å². The van der Waals surface area contributed by atoms with Gasteiger partial charge in [0.1, 0.15) is 13.2 Å². The van der Waals surface area contributed by atoms with E-state index in [9.17, 15) is 14.4 Å². The number of unbranched alkanes of at least 4 members (excludes halogenated alkanes) is 38. The summed E-state index contributed by atoms with van der Waals surface area (Å²) in [4.78, 5) is 38.4. The SMILES string of the molecule is CC/C=C\C/C=C\C/C=C\C/C=C\CCCCCCCCCCCCCCC(=O)OC(COC(=O)CCCCCCC/C=C\CCCC)COC(=O)CCCCCCCCCCCCCCCC/C=C\C/C=C\C/C=C\CCCCCCC. The van der Waals surface area contributed by atoms with Gasteiger partial charge in [0.25, 0.3) is 0 Å². The average molecular weight is 1160 g/mol. The van der Waals surface area contributed by atoms with Crippen molar-refractivity contribution in [3.05, 3.63) is 97.2 Å². The smallest absolute Gasteiger partial charge is 0.306 e. The first-order chi connectivity index (χ1) is 41.0. The zero-order valence-electron chi connectivity index (χ0n) is 54.9. The van der Waals surface area contributed by atoms with E-state index in [2.05, 4.69) is 118 Å². The normalized spacial score (nSPS) is 12.7. The number of ether oxygens (including phenoxy) is 3. The first-order valence-corrected chi connectivity index (χ1v) is 35.7. The van der Waals surface area contributed by atoms with Crippen molar-refractivity contribution in [3.8, 4) is 0 Å². The monoisotopic (exact) mass is 1160 g/mol. The molecule has 6 heteroatoms. The Bertz CT molecular complexity index is 1610. The first kappa shape index (κ1) is 79.3. The van der Waals surface area contributed by atoms with Gasteiger partial charge >= 0.3 is 17.9 Å². The number of carbonyl (C=O) groups is 3. The van der Waals surface area contributed by atoms with E-state index in [0.29, 0.717) is 19.3 Å². The Morgan fingerprint density at radius 3 is 0.783 bits per heavy atom. The number of hydrogen-bond donors (Lipinski definition) is 0. The number of rotatable bonds is 65. The van der Waals surface area contributed by atoms with Gasteiger partial charge in [-0.3, -0.25) is 14.4 Å². The van der Waals surface area contributed by atoms with Crippen molar-refractivity contribution in [2.24, 2.45) is 0 Å². The van der Waals surface area contributed by atoms with Gasteiger partial charge in [-0.1, -0.05) is 317 Å². The lowest BCUT2D eigenvalue weighted by molar-refractivity contribution is -0.167. The van der Waals surface area contributed by atoms with Gasteiger partial charge in [0.15, 0.2) is 6.10 Å². The fourth-order valence-electron chi connectivity index (χ4n) is 10.2. The number of hydrogen-bond acceptors (Lipinski definition) is 6. The highest BCUT2D eigenvalue weighted by Crippen LogP contribution is 2.17. The molecule has 0 bridgehead atoms. The van der Waals surface area contributed by atoms with E-state index in [4.69, 9.17) is 14.2 Å². The second-order valence-electron chi connectivity index (χ2n) is 23.8. The van der Waals surface area contributed by atoms with Crippen molar-refractivity contribution in [3.63, 3.8) is 0 Å². The number of allylic oxidation sites excluding steroid dienone is 16. The van der Waals surface area contributed by atoms with Gasteiger partial charge in [-0.2, -0.15) is 0 Å². The number of esters is 3. The van der Waals surface area contributed by atoms with Crippen LogP contribution < -0.4 is 0 Å². The zero-order valence-corrected chi connectivity index (χ0v) is 54.9. The van der Waals surface area contributed by atoms with Crippen LogP contribution in [-0.2, 0) is 28.6 Å². The average Bonchev–Trinajstić information content (AvgIpc) is 3.48. The Balaban J connectivity index is 4.21. The lowest BCUT2D eigenvalue weighted by atomic mass is 10.0. The second-order valence-corrected chi connectivity index (χ2v) is 23.8. The third kappa shape index (κ3) is 69.0. The summed E-state index contributed by atoms with van der Waals surface area (Å²) in [5.41, 5.74) is 0. The fourth-order valence-corrected chi connectivity index (χ4v) is 10.2. The molecular formula is C77H134O6. The quantitative estimate of drug-likeness (QED) is 0.0261. The molecule has 0 aliphatic heterocycles. The highest BCUT2D eigenvalue weighted by molar-refractivity contribution is 5.71. The third-order valence-electron chi connectivity index (χ3n) is 15.5. The van der Waals surface area contributed by atoms with E-state index >= 15 is 0 Å². The molecule has 0 aromatic rings. The highest BCUT2D eigenvalue weighted by atomic mass is 16.6. The van der Waals surface area contributed by atoms with Crippen LogP contribution in [0.1, 0.15) is 355 Å². The Hall–Kier alpha value is -3.67. The lowest BCUT2D eigenvalue weighted by Gasteiger charge is -2.18. The molecule has 0 amide bonds. The topological polar surface area (TPSA) is 78.9 Å². The predicted octanol–water partition coefficient (Wildman–Crippen LogP) is 24.8. The Morgan fingerprint density at radius 2 is 0.482 bits per heavy atom. The van der Waals surface area contributed by atoms with E-state index in [-0.39, 0.29) is 31.1 Å². The first-order valence-electron chi connectivity index (χ1n) is 35.7. The molecule has 6 nitrogen and oxygen atoms in total. The van der Waals surface area contributed by atoms with E-state index < -0.39 is 6.10 Å². The second kappa shape index (κ2) is 70.8. The van der Waals surface area contributed by atoms with Gasteiger partial charge in [0.2, 0.25) is 0 Å². The van der Waals surface area contributed by atoms with Crippen LogP contribution in [0, 0.1) is 0 Å². The number of carbonyl (C=O) groups excluding carboxylic acids is 3. The van der Waals surface area contributed by atoms with Crippen LogP contribution in [0.15, 0.2) is 97.2 Å². The van der Waals surface area contributed by atoms with Crippen LogP contribution in [0.25, 0.3) is 0 Å². The molecule has 0 fully saturated rings. The predicted molar refractivity (Wildman–Crippen MR) is 362 cm³/mol. The van der Waals surface area contributed by atoms with Gasteiger partial charge in [-0.05, 0) is 116 Å². The molecule has 0 heterocycles. The maximum atomic E-state index is 12.9. The summed E-state index contributed by atoms with van der Waals surface area (Å²) in [5.74, 6) is -0.877. The van der Waals surface area contributed by atoms with Crippen LogP contribution in [0.4, 0.5) is 0 Å². The van der Waals surface area contributed by atoms with E-state index in [1.54, 1.807) is 0 Å². The van der Waals surface area contributed by atoms with E-state index in [1.807, 2.05) is 0 Å². The summed E-state index contributed by atoms with van der Waals surface area (Å²) in [6.45, 7) is 6.51. The molecule has 0 aliphatic carbocycles. The molecule has 83 heavy (non-hydrogen) atoms. The van der Waals surface area contributed by atoms with E-state index in [0.717, 1.165) is 103 Å². The molecule has 0 radical (unpaired) electrons. The van der Waals surface area contributed by atoms with Crippen molar-refractivity contribution >= 4 is 17.9 Å². The van der Waals surface area contributed by atoms with Crippen molar-refractivity contribution in [1.29, 1.82) is 0 Å². The summed E-state index contributed by atoms with van der Waals surface area (Å²) in [5, 5.41) is 0. The Labute approximate surface area is 515 Å². The maximum absolute atomic E-state index is 12.9. The molecule has 0 saturated carbocycles. The maximum Gasteiger partial charge on any atom is 0.306 e. The van der Waals surface area contributed by atoms with Crippen molar-refractivity contribution in [1.82, 2.24) is 0 Å². The van der Waals surface area contributed by atoms with Crippen molar-refractivity contribution in [2.45, 2.75) is 361 Å². The molecule has 0 N–H and O–H groups in total. The molecule has 0 aliphatic rings. The molecule has 1 unspecified atom stereocenters. The van der Waals surface area contributed by atoms with Crippen LogP contribution in [0.2, 0.25) is 0 Å². The van der Waals surface area contributed by atoms with Gasteiger partial charge in [-0.25, -0.2) is 0 Å². The summed E-state index contributed by atoms with van der Waals surface area (Å²) >= 11 is 0. The minimum Gasteiger partial charge on any atom is -0.462 e. The molecule has 0 saturated heterocycles. The van der Waals surface area contributed by atoms with Crippen molar-refractivity contribution in [2.75, 3.05) is 13.2 Å². The minimum atomic E-state index is -0.783. The van der Waals surface area contributed by atoms with E-state index in [1.165, 1.54) is 212 Å². The third-order valence-corrected chi connectivity index (χ3v) is 15.5. The van der Waals surface area contributed by atoms with Crippen LogP contribution in [-0.4, -0.2) is 37.2 Å². The zero-order chi connectivity index (χ0) is 59.9.